The molecule has 8 heteroatoms. The fourth-order valence-electron chi connectivity index (χ4n) is 1.95. The van der Waals surface area contributed by atoms with Gasteiger partial charge in [0.25, 0.3) is 5.69 Å². The van der Waals surface area contributed by atoms with Gasteiger partial charge in [0.1, 0.15) is 5.71 Å². The van der Waals surface area contributed by atoms with Gasteiger partial charge in [-0.3, -0.25) is 14.9 Å². The van der Waals surface area contributed by atoms with Crippen LogP contribution >= 0.6 is 0 Å². The average Bonchev–Trinajstić information content (AvgIpc) is 2.46. The largest absolute Gasteiger partial charge is 0.477 e. The number of carboxylic acid groups (broad SMARTS) is 1. The lowest BCUT2D eigenvalue weighted by Gasteiger charge is -2.22. The Morgan fingerprint density at radius 1 is 1.33 bits per heavy atom. The zero-order chi connectivity index (χ0) is 15.4. The van der Waals surface area contributed by atoms with Crippen molar-refractivity contribution >= 4 is 23.3 Å². The summed E-state index contributed by atoms with van der Waals surface area (Å²) in [6, 6.07) is 5.99. The lowest BCUT2D eigenvalue weighted by atomic mass is 10.1. The second kappa shape index (κ2) is 6.12. The number of aliphatic carboxylic acids is 1. The van der Waals surface area contributed by atoms with E-state index in [1.54, 1.807) is 12.1 Å². The lowest BCUT2D eigenvalue weighted by molar-refractivity contribution is -0.384. The highest BCUT2D eigenvalue weighted by atomic mass is 16.6. The van der Waals surface area contributed by atoms with Crippen molar-refractivity contribution in [2.75, 3.05) is 6.54 Å². The highest BCUT2D eigenvalue weighted by Gasteiger charge is 2.23. The van der Waals surface area contributed by atoms with Crippen LogP contribution in [-0.2, 0) is 16.0 Å². The molecule has 8 nitrogen and oxygen atoms in total. The molecule has 1 aliphatic heterocycles. The van der Waals surface area contributed by atoms with E-state index in [-0.39, 0.29) is 36.7 Å². The van der Waals surface area contributed by atoms with Gasteiger partial charge in [0.05, 0.1) is 4.92 Å². The van der Waals surface area contributed by atoms with Crippen molar-refractivity contribution in [1.82, 2.24) is 5.01 Å². The van der Waals surface area contributed by atoms with E-state index in [4.69, 9.17) is 5.11 Å². The molecule has 0 atom stereocenters. The minimum absolute atomic E-state index is 0.000941. The van der Waals surface area contributed by atoms with Crippen molar-refractivity contribution < 1.29 is 19.6 Å². The van der Waals surface area contributed by atoms with Gasteiger partial charge in [-0.15, -0.1) is 0 Å². The Labute approximate surface area is 119 Å². The Bertz CT molecular complexity index is 609. The molecule has 1 heterocycles. The standard InChI is InChI=1S/C13H13N3O5/c17-12-6-5-11(13(18)19)14-15(12)8-7-9-1-3-10(4-2-9)16(20)21/h1-4H,5-8H2,(H,18,19). The maximum absolute atomic E-state index is 11.7. The molecule has 0 radical (unpaired) electrons. The number of nitro groups is 1. The number of carbonyl (C=O) groups excluding carboxylic acids is 1. The van der Waals surface area contributed by atoms with Crippen molar-refractivity contribution in [2.24, 2.45) is 5.10 Å². The van der Waals surface area contributed by atoms with Crippen molar-refractivity contribution in [3.8, 4) is 0 Å². The van der Waals surface area contributed by atoms with E-state index < -0.39 is 10.9 Å². The fraction of sp³-hybridized carbons (Fsp3) is 0.308. The van der Waals surface area contributed by atoms with Gasteiger partial charge in [-0.05, 0) is 12.0 Å². The van der Waals surface area contributed by atoms with Crippen molar-refractivity contribution in [2.45, 2.75) is 19.3 Å². The summed E-state index contributed by atoms with van der Waals surface area (Å²) in [5.74, 6) is -1.34. The molecule has 0 spiro atoms. The van der Waals surface area contributed by atoms with Crippen LogP contribution < -0.4 is 0 Å². The van der Waals surface area contributed by atoms with Crippen LogP contribution in [0.5, 0.6) is 0 Å². The van der Waals surface area contributed by atoms with Gasteiger partial charge in [-0.25, -0.2) is 9.80 Å². The molecule has 0 saturated heterocycles. The lowest BCUT2D eigenvalue weighted by Crippen LogP contribution is -2.35. The molecule has 0 saturated carbocycles. The molecular weight excluding hydrogens is 278 g/mol. The molecule has 1 aromatic rings. The van der Waals surface area contributed by atoms with Gasteiger partial charge in [-0.2, -0.15) is 5.10 Å². The summed E-state index contributed by atoms with van der Waals surface area (Å²) in [5.41, 5.74) is 0.781. The summed E-state index contributed by atoms with van der Waals surface area (Å²) in [4.78, 5) is 32.6. The zero-order valence-corrected chi connectivity index (χ0v) is 11.1. The molecule has 0 aliphatic carbocycles. The Balaban J connectivity index is 2.01. The smallest absolute Gasteiger partial charge is 0.352 e. The SMILES string of the molecule is O=C(O)C1=NN(CCc2ccc([N+](=O)[O-])cc2)C(=O)CC1. The first-order chi connectivity index (χ1) is 9.97. The molecule has 110 valence electrons. The first-order valence-electron chi connectivity index (χ1n) is 6.32. The van der Waals surface area contributed by atoms with Crippen LogP contribution in [0.1, 0.15) is 18.4 Å². The van der Waals surface area contributed by atoms with Gasteiger partial charge in [-0.1, -0.05) is 12.1 Å². The Morgan fingerprint density at radius 2 is 2.00 bits per heavy atom. The number of carboxylic acids is 1. The number of amides is 1. The summed E-state index contributed by atoms with van der Waals surface area (Å²) >= 11 is 0. The third-order valence-corrected chi connectivity index (χ3v) is 3.11. The van der Waals surface area contributed by atoms with E-state index in [2.05, 4.69) is 5.10 Å². The van der Waals surface area contributed by atoms with Crippen molar-refractivity contribution in [3.63, 3.8) is 0 Å². The highest BCUT2D eigenvalue weighted by molar-refractivity contribution is 6.36. The van der Waals surface area contributed by atoms with Crippen LogP contribution in [0, 0.1) is 10.1 Å². The number of nitro benzene ring substituents is 1. The first-order valence-corrected chi connectivity index (χ1v) is 6.32. The number of hydrogen-bond donors (Lipinski definition) is 1. The van der Waals surface area contributed by atoms with E-state index in [1.165, 1.54) is 12.1 Å². The number of non-ortho nitro benzene ring substituents is 1. The summed E-state index contributed by atoms with van der Waals surface area (Å²) in [6.07, 6.45) is 0.716. The van der Waals surface area contributed by atoms with E-state index in [9.17, 15) is 19.7 Å². The Kier molecular flexibility index (Phi) is 4.27. The molecule has 1 N–H and O–H groups in total. The van der Waals surface area contributed by atoms with Crippen molar-refractivity contribution in [3.05, 3.63) is 39.9 Å². The molecule has 2 rings (SSSR count). The molecule has 1 aliphatic rings. The van der Waals surface area contributed by atoms with E-state index >= 15 is 0 Å². The topological polar surface area (TPSA) is 113 Å². The van der Waals surface area contributed by atoms with Crippen LogP contribution in [0.15, 0.2) is 29.4 Å². The predicted octanol–water partition coefficient (Wildman–Crippen LogP) is 1.20. The first kappa shape index (κ1) is 14.6. The molecular formula is C13H13N3O5. The number of hydrogen-bond acceptors (Lipinski definition) is 5. The second-order valence-electron chi connectivity index (χ2n) is 4.54. The maximum Gasteiger partial charge on any atom is 0.352 e. The average molecular weight is 291 g/mol. The fourth-order valence-corrected chi connectivity index (χ4v) is 1.95. The van der Waals surface area contributed by atoms with Crippen LogP contribution in [0.25, 0.3) is 0 Å². The number of benzene rings is 1. The third kappa shape index (κ3) is 3.62. The maximum atomic E-state index is 11.7. The van der Waals surface area contributed by atoms with Gasteiger partial charge < -0.3 is 5.11 Å². The molecule has 0 unspecified atom stereocenters. The van der Waals surface area contributed by atoms with E-state index in [0.29, 0.717) is 6.42 Å². The highest BCUT2D eigenvalue weighted by Crippen LogP contribution is 2.14. The van der Waals surface area contributed by atoms with Gasteiger partial charge >= 0.3 is 5.97 Å². The van der Waals surface area contributed by atoms with Crippen LogP contribution in [0.3, 0.4) is 0 Å². The monoisotopic (exact) mass is 291 g/mol. The molecule has 21 heavy (non-hydrogen) atoms. The number of hydrazone groups is 1. The minimum Gasteiger partial charge on any atom is -0.477 e. The quantitative estimate of drug-likeness (QED) is 0.646. The second-order valence-corrected chi connectivity index (χ2v) is 4.54. The summed E-state index contributed by atoms with van der Waals surface area (Å²) in [7, 11) is 0. The number of rotatable bonds is 5. The van der Waals surface area contributed by atoms with Gasteiger partial charge in [0.15, 0.2) is 0 Å². The number of nitrogens with zero attached hydrogens (tertiary/aromatic N) is 3. The number of carbonyl (C=O) groups is 2. The van der Waals surface area contributed by atoms with Gasteiger partial charge in [0.2, 0.25) is 5.91 Å². The van der Waals surface area contributed by atoms with Crippen molar-refractivity contribution in [1.29, 1.82) is 0 Å². The van der Waals surface area contributed by atoms with Crippen LogP contribution in [0.2, 0.25) is 0 Å². The predicted molar refractivity (Wildman–Crippen MR) is 72.8 cm³/mol. The van der Waals surface area contributed by atoms with Gasteiger partial charge in [0, 0.05) is 31.5 Å². The third-order valence-electron chi connectivity index (χ3n) is 3.11. The minimum atomic E-state index is -1.12. The molecule has 1 aromatic carbocycles. The zero-order valence-electron chi connectivity index (χ0n) is 11.1. The van der Waals surface area contributed by atoms with E-state index in [0.717, 1.165) is 10.6 Å². The Hall–Kier alpha value is -2.77. The summed E-state index contributed by atoms with van der Waals surface area (Å²) < 4.78 is 0. The van der Waals surface area contributed by atoms with Crippen LogP contribution in [-0.4, -0.2) is 39.2 Å². The molecule has 1 amide bonds. The molecule has 0 aromatic heterocycles. The van der Waals surface area contributed by atoms with E-state index in [1.807, 2.05) is 0 Å². The summed E-state index contributed by atoms with van der Waals surface area (Å²) in [5, 5.41) is 24.4. The molecule has 0 bridgehead atoms. The normalized spacial score (nSPS) is 14.8. The molecule has 0 fully saturated rings. The van der Waals surface area contributed by atoms with Crippen LogP contribution in [0.4, 0.5) is 5.69 Å². The Morgan fingerprint density at radius 3 is 2.57 bits per heavy atom. The summed E-state index contributed by atoms with van der Waals surface area (Å²) in [6.45, 7) is 0.243.